The van der Waals surface area contributed by atoms with Gasteiger partial charge >= 0.3 is 0 Å². The van der Waals surface area contributed by atoms with Crippen LogP contribution in [0.2, 0.25) is 0 Å². The van der Waals surface area contributed by atoms with Crippen molar-refractivity contribution in [3.63, 3.8) is 0 Å². The van der Waals surface area contributed by atoms with Gasteiger partial charge in [0.25, 0.3) is 0 Å². The number of aromatic amines is 1. The Hall–Kier alpha value is -2.22. The van der Waals surface area contributed by atoms with E-state index >= 15 is 0 Å². The molecule has 0 aliphatic rings. The van der Waals surface area contributed by atoms with Crippen molar-refractivity contribution in [2.24, 2.45) is 0 Å². The molecule has 0 radical (unpaired) electrons. The van der Waals surface area contributed by atoms with E-state index in [1.807, 2.05) is 22.8 Å². The zero-order valence-electron chi connectivity index (χ0n) is 12.0. The van der Waals surface area contributed by atoms with Gasteiger partial charge in [-0.1, -0.05) is 6.92 Å². The average molecular weight is 303 g/mol. The van der Waals surface area contributed by atoms with E-state index in [9.17, 15) is 0 Å². The predicted octanol–water partition coefficient (Wildman–Crippen LogP) is 2.27. The number of nitrogens with zero attached hydrogens (tertiary/aromatic N) is 5. The van der Waals surface area contributed by atoms with E-state index in [2.05, 4.69) is 37.2 Å². The largest absolute Gasteiger partial charge is 0.354 e. The third-order valence-electron chi connectivity index (χ3n) is 3.04. The molecule has 0 atom stereocenters. The summed E-state index contributed by atoms with van der Waals surface area (Å²) in [6.07, 6.45) is 2.66. The van der Waals surface area contributed by atoms with Crippen LogP contribution in [-0.2, 0) is 6.54 Å². The van der Waals surface area contributed by atoms with E-state index in [1.165, 1.54) is 0 Å². The molecule has 3 rings (SSSR count). The molecule has 7 nitrogen and oxygen atoms in total. The van der Waals surface area contributed by atoms with Crippen LogP contribution < -0.4 is 10.2 Å². The van der Waals surface area contributed by atoms with E-state index in [4.69, 9.17) is 0 Å². The van der Waals surface area contributed by atoms with Crippen LogP contribution in [0.3, 0.4) is 0 Å². The SMILES string of the molecule is CCCNc1nc(N(C)Cc2cscn2)c2[nH]cnc2n1. The lowest BCUT2D eigenvalue weighted by Crippen LogP contribution is -2.19. The molecular formula is C13H17N7S. The van der Waals surface area contributed by atoms with Crippen molar-refractivity contribution in [2.75, 3.05) is 23.8 Å². The molecule has 0 aromatic carbocycles. The first kappa shape index (κ1) is 13.7. The van der Waals surface area contributed by atoms with Gasteiger partial charge in [-0.2, -0.15) is 9.97 Å². The van der Waals surface area contributed by atoms with Crippen LogP contribution in [0.5, 0.6) is 0 Å². The van der Waals surface area contributed by atoms with Crippen molar-refractivity contribution in [2.45, 2.75) is 19.9 Å². The number of rotatable bonds is 6. The van der Waals surface area contributed by atoms with Crippen molar-refractivity contribution < 1.29 is 0 Å². The fourth-order valence-corrected chi connectivity index (χ4v) is 2.59. The number of hydrogen-bond acceptors (Lipinski definition) is 7. The smallest absolute Gasteiger partial charge is 0.226 e. The average Bonchev–Trinajstić information content (AvgIpc) is 3.14. The number of H-pyrrole nitrogens is 1. The summed E-state index contributed by atoms with van der Waals surface area (Å²) >= 11 is 1.59. The first-order chi connectivity index (χ1) is 10.3. The molecule has 3 aromatic rings. The van der Waals surface area contributed by atoms with Crippen LogP contribution in [0, 0.1) is 0 Å². The third kappa shape index (κ3) is 2.94. The zero-order chi connectivity index (χ0) is 14.7. The quantitative estimate of drug-likeness (QED) is 0.727. The number of nitrogens with one attached hydrogen (secondary N) is 2. The topological polar surface area (TPSA) is 82.6 Å². The molecule has 0 fully saturated rings. The van der Waals surface area contributed by atoms with Gasteiger partial charge in [-0.15, -0.1) is 11.3 Å². The number of fused-ring (bicyclic) bond motifs is 1. The van der Waals surface area contributed by atoms with Crippen molar-refractivity contribution >= 4 is 34.3 Å². The Morgan fingerprint density at radius 1 is 1.33 bits per heavy atom. The lowest BCUT2D eigenvalue weighted by atomic mass is 10.4. The van der Waals surface area contributed by atoms with E-state index in [0.717, 1.165) is 30.0 Å². The Bertz CT molecular complexity index is 706. The fraction of sp³-hybridized carbons (Fsp3) is 0.385. The minimum atomic E-state index is 0.608. The third-order valence-corrected chi connectivity index (χ3v) is 3.68. The number of imidazole rings is 1. The minimum Gasteiger partial charge on any atom is -0.354 e. The van der Waals surface area contributed by atoms with Crippen LogP contribution >= 0.6 is 11.3 Å². The minimum absolute atomic E-state index is 0.608. The van der Waals surface area contributed by atoms with Gasteiger partial charge < -0.3 is 15.2 Å². The molecule has 3 heterocycles. The first-order valence-electron chi connectivity index (χ1n) is 6.81. The van der Waals surface area contributed by atoms with Gasteiger partial charge in [0.2, 0.25) is 5.95 Å². The van der Waals surface area contributed by atoms with Crippen LogP contribution in [0.1, 0.15) is 19.0 Å². The summed E-state index contributed by atoms with van der Waals surface area (Å²) < 4.78 is 0. The molecule has 0 aliphatic carbocycles. The summed E-state index contributed by atoms with van der Waals surface area (Å²) in [7, 11) is 1.99. The Balaban J connectivity index is 1.93. The maximum atomic E-state index is 4.60. The molecule has 8 heteroatoms. The van der Waals surface area contributed by atoms with Crippen molar-refractivity contribution in [3.8, 4) is 0 Å². The Kier molecular flexibility index (Phi) is 3.96. The highest BCUT2D eigenvalue weighted by Gasteiger charge is 2.14. The maximum Gasteiger partial charge on any atom is 0.226 e. The molecule has 110 valence electrons. The van der Waals surface area contributed by atoms with Crippen LogP contribution in [-0.4, -0.2) is 38.5 Å². The van der Waals surface area contributed by atoms with Gasteiger partial charge in [-0.05, 0) is 6.42 Å². The van der Waals surface area contributed by atoms with E-state index in [0.29, 0.717) is 18.1 Å². The summed E-state index contributed by atoms with van der Waals surface area (Å²) in [6, 6.07) is 0. The Labute approximate surface area is 126 Å². The van der Waals surface area contributed by atoms with Gasteiger partial charge in [-0.3, -0.25) is 0 Å². The highest BCUT2D eigenvalue weighted by Crippen LogP contribution is 2.23. The monoisotopic (exact) mass is 303 g/mol. The summed E-state index contributed by atoms with van der Waals surface area (Å²) in [5, 5.41) is 5.25. The molecule has 0 spiro atoms. The highest BCUT2D eigenvalue weighted by molar-refractivity contribution is 7.07. The standard InChI is InChI=1S/C13H17N7S/c1-3-4-14-13-18-11-10(15-7-16-11)12(19-13)20(2)5-9-6-21-8-17-9/h6-8H,3-5H2,1-2H3,(H2,14,15,16,18,19). The Morgan fingerprint density at radius 3 is 3.00 bits per heavy atom. The van der Waals surface area contributed by atoms with Gasteiger partial charge in [-0.25, -0.2) is 9.97 Å². The number of aromatic nitrogens is 5. The van der Waals surface area contributed by atoms with Crippen LogP contribution in [0.15, 0.2) is 17.2 Å². The van der Waals surface area contributed by atoms with Gasteiger partial charge in [0.05, 0.1) is 24.1 Å². The van der Waals surface area contributed by atoms with Crippen molar-refractivity contribution in [1.82, 2.24) is 24.9 Å². The summed E-state index contributed by atoms with van der Waals surface area (Å²) in [5.74, 6) is 1.43. The van der Waals surface area contributed by atoms with Crippen LogP contribution in [0.25, 0.3) is 11.2 Å². The number of thiazole rings is 1. The first-order valence-corrected chi connectivity index (χ1v) is 7.75. The molecule has 0 saturated carbocycles. The Morgan fingerprint density at radius 2 is 2.24 bits per heavy atom. The second-order valence-electron chi connectivity index (χ2n) is 4.73. The fourth-order valence-electron chi connectivity index (χ4n) is 2.04. The molecule has 2 N–H and O–H groups in total. The molecule has 0 amide bonds. The highest BCUT2D eigenvalue weighted by atomic mass is 32.1. The molecule has 0 aliphatic heterocycles. The second-order valence-corrected chi connectivity index (χ2v) is 5.45. The molecule has 0 bridgehead atoms. The van der Waals surface area contributed by atoms with Gasteiger partial charge in [0.15, 0.2) is 11.5 Å². The van der Waals surface area contributed by atoms with Crippen LogP contribution in [0.4, 0.5) is 11.8 Å². The summed E-state index contributed by atoms with van der Waals surface area (Å²) in [6.45, 7) is 3.64. The summed E-state index contributed by atoms with van der Waals surface area (Å²) in [5.41, 5.74) is 4.37. The predicted molar refractivity (Wildman–Crippen MR) is 84.7 cm³/mol. The molecule has 21 heavy (non-hydrogen) atoms. The lowest BCUT2D eigenvalue weighted by Gasteiger charge is -2.18. The van der Waals surface area contributed by atoms with E-state index in [-0.39, 0.29) is 0 Å². The second kappa shape index (κ2) is 6.04. The lowest BCUT2D eigenvalue weighted by molar-refractivity contribution is 0.871. The van der Waals surface area contributed by atoms with Gasteiger partial charge in [0.1, 0.15) is 5.52 Å². The van der Waals surface area contributed by atoms with E-state index < -0.39 is 0 Å². The maximum absolute atomic E-state index is 4.60. The van der Waals surface area contributed by atoms with E-state index in [1.54, 1.807) is 17.7 Å². The van der Waals surface area contributed by atoms with Crippen molar-refractivity contribution in [1.29, 1.82) is 0 Å². The van der Waals surface area contributed by atoms with Gasteiger partial charge in [0, 0.05) is 19.0 Å². The molecule has 0 unspecified atom stereocenters. The molecule has 0 saturated heterocycles. The number of hydrogen-bond donors (Lipinski definition) is 2. The molecular weight excluding hydrogens is 286 g/mol. The zero-order valence-corrected chi connectivity index (χ0v) is 12.8. The normalized spacial score (nSPS) is 11.0. The molecule has 3 aromatic heterocycles. The number of anilines is 2. The summed E-state index contributed by atoms with van der Waals surface area (Å²) in [4.78, 5) is 22.7. The van der Waals surface area contributed by atoms with Crippen molar-refractivity contribution in [3.05, 3.63) is 22.9 Å².